The molecule has 0 aliphatic heterocycles. The minimum Gasteiger partial charge on any atom is -0.609 e. The highest BCUT2D eigenvalue weighted by atomic mass is 35.5. The molecule has 3 rings (SSSR count). The Labute approximate surface area is 124 Å². The van der Waals surface area contributed by atoms with Gasteiger partial charge in [-0.3, -0.25) is 9.97 Å². The fourth-order valence-corrected chi connectivity index (χ4v) is 3.19. The molecule has 0 aliphatic rings. The SMILES string of the molecule is Cc1c(Cl)ccnc1C[S+]([O-])c1nc2ccccc2[nH]1. The first-order valence-corrected chi connectivity index (χ1v) is 7.78. The number of pyridine rings is 1. The zero-order chi connectivity index (χ0) is 14.1. The first kappa shape index (κ1) is 13.4. The lowest BCUT2D eigenvalue weighted by Crippen LogP contribution is -2.09. The Morgan fingerprint density at radius 2 is 2.10 bits per heavy atom. The maximum atomic E-state index is 12.4. The van der Waals surface area contributed by atoms with Crippen molar-refractivity contribution in [1.82, 2.24) is 15.0 Å². The fraction of sp³-hybridized carbons (Fsp3) is 0.143. The van der Waals surface area contributed by atoms with Crippen molar-refractivity contribution in [3.63, 3.8) is 0 Å². The summed E-state index contributed by atoms with van der Waals surface area (Å²) in [4.78, 5) is 11.7. The van der Waals surface area contributed by atoms with Gasteiger partial charge in [0.05, 0.1) is 16.7 Å². The summed E-state index contributed by atoms with van der Waals surface area (Å²) in [5.74, 6) is 0.298. The largest absolute Gasteiger partial charge is 0.609 e. The number of rotatable bonds is 3. The Balaban J connectivity index is 1.89. The Hall–Kier alpha value is -1.56. The maximum absolute atomic E-state index is 12.4. The number of aromatic amines is 1. The number of nitrogens with zero attached hydrogens (tertiary/aromatic N) is 2. The molecule has 0 spiro atoms. The van der Waals surface area contributed by atoms with E-state index in [2.05, 4.69) is 15.0 Å². The summed E-state index contributed by atoms with van der Waals surface area (Å²) >= 11 is 4.77. The second-order valence-corrected chi connectivity index (χ2v) is 6.19. The summed E-state index contributed by atoms with van der Waals surface area (Å²) in [6.45, 7) is 1.88. The third kappa shape index (κ3) is 2.52. The summed E-state index contributed by atoms with van der Waals surface area (Å²) in [6, 6.07) is 9.33. The van der Waals surface area contributed by atoms with E-state index in [1.54, 1.807) is 12.3 Å². The van der Waals surface area contributed by atoms with E-state index in [0.29, 0.717) is 15.9 Å². The van der Waals surface area contributed by atoms with E-state index in [1.807, 2.05) is 31.2 Å². The summed E-state index contributed by atoms with van der Waals surface area (Å²) in [5.41, 5.74) is 3.29. The van der Waals surface area contributed by atoms with Crippen molar-refractivity contribution < 1.29 is 4.55 Å². The van der Waals surface area contributed by atoms with Crippen LogP contribution in [0, 0.1) is 6.92 Å². The van der Waals surface area contributed by atoms with Crippen LogP contribution in [-0.2, 0) is 16.9 Å². The molecule has 1 aromatic carbocycles. The highest BCUT2D eigenvalue weighted by Crippen LogP contribution is 2.22. The molecule has 0 bridgehead atoms. The van der Waals surface area contributed by atoms with E-state index in [0.717, 1.165) is 22.3 Å². The molecule has 4 nitrogen and oxygen atoms in total. The number of benzene rings is 1. The van der Waals surface area contributed by atoms with E-state index < -0.39 is 11.2 Å². The number of aromatic nitrogens is 3. The Kier molecular flexibility index (Phi) is 3.65. The summed E-state index contributed by atoms with van der Waals surface area (Å²) in [5, 5.41) is 1.10. The molecular formula is C14H12ClN3OS. The van der Waals surface area contributed by atoms with Crippen molar-refractivity contribution in [1.29, 1.82) is 0 Å². The monoisotopic (exact) mass is 305 g/mol. The minimum absolute atomic E-state index is 0.298. The quantitative estimate of drug-likeness (QED) is 0.756. The molecule has 1 atom stereocenters. The van der Waals surface area contributed by atoms with Gasteiger partial charge in [-0.25, -0.2) is 0 Å². The predicted molar refractivity (Wildman–Crippen MR) is 80.2 cm³/mol. The van der Waals surface area contributed by atoms with Gasteiger partial charge in [0.1, 0.15) is 0 Å². The number of fused-ring (bicyclic) bond motifs is 1. The van der Waals surface area contributed by atoms with E-state index in [1.165, 1.54) is 0 Å². The van der Waals surface area contributed by atoms with Crippen molar-refractivity contribution in [2.45, 2.75) is 17.8 Å². The molecule has 0 saturated carbocycles. The lowest BCUT2D eigenvalue weighted by molar-refractivity contribution is 0.586. The van der Waals surface area contributed by atoms with Crippen molar-refractivity contribution in [3.05, 3.63) is 52.8 Å². The van der Waals surface area contributed by atoms with Crippen LogP contribution in [0.1, 0.15) is 11.3 Å². The van der Waals surface area contributed by atoms with Gasteiger partial charge in [0.2, 0.25) is 0 Å². The number of halogens is 1. The minimum atomic E-state index is -1.27. The van der Waals surface area contributed by atoms with Gasteiger partial charge < -0.3 is 4.55 Å². The van der Waals surface area contributed by atoms with Crippen molar-refractivity contribution >= 4 is 33.8 Å². The highest BCUT2D eigenvalue weighted by molar-refractivity contribution is 7.90. The van der Waals surface area contributed by atoms with Crippen LogP contribution in [0.3, 0.4) is 0 Å². The molecule has 1 unspecified atom stereocenters. The van der Waals surface area contributed by atoms with Gasteiger partial charge in [0.15, 0.2) is 5.75 Å². The van der Waals surface area contributed by atoms with Crippen LogP contribution in [0.15, 0.2) is 41.7 Å². The zero-order valence-electron chi connectivity index (χ0n) is 10.8. The second kappa shape index (κ2) is 5.44. The normalized spacial score (nSPS) is 12.8. The third-order valence-corrected chi connectivity index (χ3v) is 4.66. The van der Waals surface area contributed by atoms with Gasteiger partial charge >= 0.3 is 5.16 Å². The first-order chi connectivity index (χ1) is 9.65. The molecule has 0 amide bonds. The predicted octanol–water partition coefficient (Wildman–Crippen LogP) is 3.23. The number of para-hydroxylation sites is 2. The molecule has 20 heavy (non-hydrogen) atoms. The van der Waals surface area contributed by atoms with Crippen molar-refractivity contribution in [2.75, 3.05) is 0 Å². The number of nitrogens with one attached hydrogen (secondary N) is 1. The van der Waals surface area contributed by atoms with Crippen LogP contribution in [0.2, 0.25) is 5.02 Å². The molecule has 2 aromatic heterocycles. The van der Waals surface area contributed by atoms with E-state index in [-0.39, 0.29) is 0 Å². The lowest BCUT2D eigenvalue weighted by Gasteiger charge is -2.09. The van der Waals surface area contributed by atoms with Gasteiger partial charge in [0.25, 0.3) is 0 Å². The molecule has 0 aliphatic carbocycles. The van der Waals surface area contributed by atoms with Crippen molar-refractivity contribution in [2.24, 2.45) is 0 Å². The van der Waals surface area contributed by atoms with Gasteiger partial charge in [0, 0.05) is 22.4 Å². The number of imidazole rings is 1. The number of hydrogen-bond donors (Lipinski definition) is 1. The molecule has 0 radical (unpaired) electrons. The third-order valence-electron chi connectivity index (χ3n) is 3.09. The molecule has 1 N–H and O–H groups in total. The van der Waals surface area contributed by atoms with Gasteiger partial charge in [-0.05, 0) is 30.7 Å². The topological polar surface area (TPSA) is 64.6 Å². The first-order valence-electron chi connectivity index (χ1n) is 6.08. The van der Waals surface area contributed by atoms with Crippen LogP contribution in [0.5, 0.6) is 0 Å². The van der Waals surface area contributed by atoms with E-state index >= 15 is 0 Å². The van der Waals surface area contributed by atoms with E-state index in [9.17, 15) is 4.55 Å². The standard InChI is InChI=1S/C14H12ClN3OS/c1-9-10(15)6-7-16-13(9)8-20(19)14-17-11-4-2-3-5-12(11)18-14/h2-7H,8H2,1H3,(H,17,18). The summed E-state index contributed by atoms with van der Waals surface area (Å²) < 4.78 is 12.4. The number of hydrogen-bond acceptors (Lipinski definition) is 3. The molecule has 0 saturated heterocycles. The van der Waals surface area contributed by atoms with Crippen LogP contribution < -0.4 is 0 Å². The van der Waals surface area contributed by atoms with Gasteiger partial charge in [-0.1, -0.05) is 23.7 Å². The fourth-order valence-electron chi connectivity index (χ4n) is 1.93. The molecule has 6 heteroatoms. The average molecular weight is 306 g/mol. The second-order valence-electron chi connectivity index (χ2n) is 4.41. The molecule has 3 aromatic rings. The molecule has 0 fully saturated rings. The van der Waals surface area contributed by atoms with Crippen molar-refractivity contribution in [3.8, 4) is 0 Å². The summed E-state index contributed by atoms with van der Waals surface area (Å²) in [6.07, 6.45) is 1.63. The molecular weight excluding hydrogens is 294 g/mol. The van der Waals surface area contributed by atoms with Crippen LogP contribution >= 0.6 is 11.6 Å². The molecule has 2 heterocycles. The maximum Gasteiger partial charge on any atom is 0.322 e. The van der Waals surface area contributed by atoms with Crippen LogP contribution in [-0.4, -0.2) is 19.5 Å². The Morgan fingerprint density at radius 3 is 2.90 bits per heavy atom. The summed E-state index contributed by atoms with van der Waals surface area (Å²) in [7, 11) is 0. The highest BCUT2D eigenvalue weighted by Gasteiger charge is 2.19. The van der Waals surface area contributed by atoms with Gasteiger partial charge in [-0.2, -0.15) is 4.98 Å². The Bertz CT molecular complexity index is 726. The van der Waals surface area contributed by atoms with Gasteiger partial charge in [-0.15, -0.1) is 0 Å². The Morgan fingerprint density at radius 1 is 1.30 bits per heavy atom. The average Bonchev–Trinajstić information content (AvgIpc) is 2.88. The van der Waals surface area contributed by atoms with Crippen LogP contribution in [0.4, 0.5) is 0 Å². The van der Waals surface area contributed by atoms with E-state index in [4.69, 9.17) is 11.6 Å². The zero-order valence-corrected chi connectivity index (χ0v) is 12.3. The smallest absolute Gasteiger partial charge is 0.322 e. The number of H-pyrrole nitrogens is 1. The lowest BCUT2D eigenvalue weighted by atomic mass is 10.2. The molecule has 102 valence electrons. The van der Waals surface area contributed by atoms with Crippen LogP contribution in [0.25, 0.3) is 11.0 Å².